The highest BCUT2D eigenvalue weighted by atomic mass is 16.1. The fourth-order valence-electron chi connectivity index (χ4n) is 4.45. The molecule has 4 nitrogen and oxygen atoms in total. The van der Waals surface area contributed by atoms with E-state index in [1.54, 1.807) is 0 Å². The van der Waals surface area contributed by atoms with Crippen LogP contribution in [0, 0.1) is 0 Å². The Hall–Kier alpha value is -2.59. The second-order valence-corrected chi connectivity index (χ2v) is 7.98. The molecule has 0 spiro atoms. The monoisotopic (exact) mass is 389 g/mol. The number of nitrogens with one attached hydrogen (secondary N) is 3. The van der Waals surface area contributed by atoms with E-state index in [2.05, 4.69) is 58.1 Å². The number of amides is 1. The van der Waals surface area contributed by atoms with Gasteiger partial charge in [0.1, 0.15) is 0 Å². The van der Waals surface area contributed by atoms with Crippen LogP contribution in [0.25, 0.3) is 10.9 Å². The molecule has 1 atom stereocenters. The number of aromatic nitrogens is 1. The van der Waals surface area contributed by atoms with Gasteiger partial charge in [0.05, 0.1) is 0 Å². The number of aromatic amines is 1. The topological polar surface area (TPSA) is 56.9 Å². The summed E-state index contributed by atoms with van der Waals surface area (Å²) < 4.78 is 0. The summed E-state index contributed by atoms with van der Waals surface area (Å²) in [6, 6.07) is 17.1. The number of hydrogen-bond acceptors (Lipinski definition) is 2. The van der Waals surface area contributed by atoms with E-state index in [0.29, 0.717) is 12.6 Å². The summed E-state index contributed by atoms with van der Waals surface area (Å²) >= 11 is 0. The number of carbonyl (C=O) groups excluding carboxylic acids is 1. The first kappa shape index (κ1) is 19.7. The van der Waals surface area contributed by atoms with Crippen molar-refractivity contribution in [2.75, 3.05) is 13.1 Å². The summed E-state index contributed by atoms with van der Waals surface area (Å²) in [4.78, 5) is 15.9. The van der Waals surface area contributed by atoms with Crippen LogP contribution in [0.4, 0.5) is 0 Å². The molecular weight excluding hydrogens is 358 g/mol. The number of benzene rings is 2. The maximum atomic E-state index is 12.2. The van der Waals surface area contributed by atoms with Gasteiger partial charge in [0.25, 0.3) is 5.91 Å². The second-order valence-electron chi connectivity index (χ2n) is 7.98. The van der Waals surface area contributed by atoms with Gasteiger partial charge in [0, 0.05) is 34.7 Å². The number of carbonyl (C=O) groups is 1. The van der Waals surface area contributed by atoms with Gasteiger partial charge >= 0.3 is 0 Å². The zero-order valence-corrected chi connectivity index (χ0v) is 17.3. The van der Waals surface area contributed by atoms with E-state index in [4.69, 9.17) is 0 Å². The number of rotatable bonds is 8. The lowest BCUT2D eigenvalue weighted by molar-refractivity contribution is 0.0956. The molecule has 0 fully saturated rings. The van der Waals surface area contributed by atoms with E-state index >= 15 is 0 Å². The van der Waals surface area contributed by atoms with E-state index in [-0.39, 0.29) is 5.91 Å². The molecule has 4 heteroatoms. The van der Waals surface area contributed by atoms with Crippen molar-refractivity contribution < 1.29 is 4.79 Å². The van der Waals surface area contributed by atoms with Gasteiger partial charge in [-0.3, -0.25) is 4.79 Å². The van der Waals surface area contributed by atoms with Gasteiger partial charge in [-0.25, -0.2) is 0 Å². The Morgan fingerprint density at radius 3 is 2.83 bits per heavy atom. The number of hydrogen-bond donors (Lipinski definition) is 3. The molecular formula is C25H31N3O. The molecule has 2 aromatic carbocycles. The fourth-order valence-corrected chi connectivity index (χ4v) is 4.45. The molecule has 0 saturated heterocycles. The standard InChI is InChI=1S/C25H31N3O/c1-2-26-25(29)19-14-15-22-21(17-19)20-12-8-13-23(24(20)28-22)27-16-7-6-11-18-9-4-3-5-10-18/h3-5,9-10,14-15,17,23,27-28H,2,6-8,11-13,16H2,1H3,(H,26,29). The minimum absolute atomic E-state index is 0.00764. The molecule has 1 aliphatic carbocycles. The van der Waals surface area contributed by atoms with Crippen molar-refractivity contribution >= 4 is 16.8 Å². The largest absolute Gasteiger partial charge is 0.357 e. The lowest BCUT2D eigenvalue weighted by Gasteiger charge is -2.24. The van der Waals surface area contributed by atoms with Crippen molar-refractivity contribution in [3.63, 3.8) is 0 Å². The molecule has 1 aliphatic rings. The number of unbranched alkanes of at least 4 members (excludes halogenated alkanes) is 1. The number of fused-ring (bicyclic) bond motifs is 3. The average molecular weight is 390 g/mol. The summed E-state index contributed by atoms with van der Waals surface area (Å²) in [7, 11) is 0. The zero-order chi connectivity index (χ0) is 20.1. The SMILES string of the molecule is CCNC(=O)c1ccc2[nH]c3c(c2c1)CCCC3NCCCCc1ccccc1. The minimum Gasteiger partial charge on any atom is -0.357 e. The lowest BCUT2D eigenvalue weighted by atomic mass is 9.91. The van der Waals surface area contributed by atoms with Gasteiger partial charge < -0.3 is 15.6 Å². The second kappa shape index (κ2) is 9.27. The van der Waals surface area contributed by atoms with Gasteiger partial charge in [-0.05, 0) is 81.3 Å². The van der Waals surface area contributed by atoms with E-state index in [1.807, 2.05) is 13.0 Å². The van der Waals surface area contributed by atoms with Gasteiger partial charge in [-0.1, -0.05) is 30.3 Å². The van der Waals surface area contributed by atoms with Crippen LogP contribution in [0.15, 0.2) is 48.5 Å². The van der Waals surface area contributed by atoms with Crippen molar-refractivity contribution in [1.29, 1.82) is 0 Å². The normalized spacial score (nSPS) is 16.0. The van der Waals surface area contributed by atoms with Crippen LogP contribution < -0.4 is 10.6 Å². The Morgan fingerprint density at radius 1 is 1.14 bits per heavy atom. The molecule has 0 bridgehead atoms. The maximum Gasteiger partial charge on any atom is 0.251 e. The summed E-state index contributed by atoms with van der Waals surface area (Å²) in [5.74, 6) is 0.00764. The average Bonchev–Trinajstić information content (AvgIpc) is 3.13. The molecule has 1 unspecified atom stereocenters. The third-order valence-electron chi connectivity index (χ3n) is 5.93. The van der Waals surface area contributed by atoms with E-state index in [0.717, 1.165) is 30.5 Å². The first-order chi connectivity index (χ1) is 14.3. The Balaban J connectivity index is 1.40. The Kier molecular flexibility index (Phi) is 6.30. The van der Waals surface area contributed by atoms with Crippen molar-refractivity contribution in [1.82, 2.24) is 15.6 Å². The molecule has 1 heterocycles. The van der Waals surface area contributed by atoms with Crippen LogP contribution in [0.1, 0.15) is 65.8 Å². The summed E-state index contributed by atoms with van der Waals surface area (Å²) in [6.07, 6.45) is 6.98. The number of H-pyrrole nitrogens is 1. The molecule has 3 aromatic rings. The molecule has 0 aliphatic heterocycles. The number of aryl methyl sites for hydroxylation is 2. The first-order valence-electron chi connectivity index (χ1n) is 11.0. The third kappa shape index (κ3) is 4.54. The predicted molar refractivity (Wildman–Crippen MR) is 119 cm³/mol. The molecule has 1 amide bonds. The van der Waals surface area contributed by atoms with Crippen LogP contribution in [0.2, 0.25) is 0 Å². The quantitative estimate of drug-likeness (QED) is 0.480. The van der Waals surface area contributed by atoms with E-state index in [9.17, 15) is 4.79 Å². The molecule has 152 valence electrons. The van der Waals surface area contributed by atoms with Gasteiger partial charge in [-0.15, -0.1) is 0 Å². The van der Waals surface area contributed by atoms with Crippen molar-refractivity contribution in [3.8, 4) is 0 Å². The molecule has 1 aromatic heterocycles. The summed E-state index contributed by atoms with van der Waals surface area (Å²) in [5, 5.41) is 7.88. The highest BCUT2D eigenvalue weighted by Gasteiger charge is 2.24. The van der Waals surface area contributed by atoms with Crippen molar-refractivity contribution in [2.24, 2.45) is 0 Å². The Morgan fingerprint density at radius 2 is 2.00 bits per heavy atom. The first-order valence-corrected chi connectivity index (χ1v) is 11.0. The smallest absolute Gasteiger partial charge is 0.251 e. The predicted octanol–water partition coefficient (Wildman–Crippen LogP) is 4.91. The molecule has 4 rings (SSSR count). The third-order valence-corrected chi connectivity index (χ3v) is 5.93. The van der Waals surface area contributed by atoms with E-state index < -0.39 is 0 Å². The van der Waals surface area contributed by atoms with Crippen LogP contribution in [0.5, 0.6) is 0 Å². The Bertz CT molecular complexity index is 961. The van der Waals surface area contributed by atoms with Crippen LogP contribution >= 0.6 is 0 Å². The molecule has 0 saturated carbocycles. The van der Waals surface area contributed by atoms with Crippen LogP contribution in [-0.4, -0.2) is 24.0 Å². The van der Waals surface area contributed by atoms with E-state index in [1.165, 1.54) is 47.9 Å². The Labute approximate surface area is 173 Å². The molecule has 29 heavy (non-hydrogen) atoms. The molecule has 3 N–H and O–H groups in total. The fraction of sp³-hybridized carbons (Fsp3) is 0.400. The van der Waals surface area contributed by atoms with Gasteiger partial charge in [0.2, 0.25) is 0 Å². The summed E-state index contributed by atoms with van der Waals surface area (Å²) in [6.45, 7) is 3.64. The molecule has 0 radical (unpaired) electrons. The van der Waals surface area contributed by atoms with Crippen LogP contribution in [-0.2, 0) is 12.8 Å². The van der Waals surface area contributed by atoms with Crippen LogP contribution in [0.3, 0.4) is 0 Å². The van der Waals surface area contributed by atoms with Gasteiger partial charge in [0.15, 0.2) is 0 Å². The summed E-state index contributed by atoms with van der Waals surface area (Å²) in [5.41, 5.74) is 6.02. The zero-order valence-electron chi connectivity index (χ0n) is 17.3. The maximum absolute atomic E-state index is 12.2. The van der Waals surface area contributed by atoms with Gasteiger partial charge in [-0.2, -0.15) is 0 Å². The van der Waals surface area contributed by atoms with Crippen molar-refractivity contribution in [2.45, 2.75) is 51.5 Å². The lowest BCUT2D eigenvalue weighted by Crippen LogP contribution is -2.26. The highest BCUT2D eigenvalue weighted by molar-refractivity contribution is 5.99. The van der Waals surface area contributed by atoms with Crippen molar-refractivity contribution in [3.05, 3.63) is 70.9 Å². The highest BCUT2D eigenvalue weighted by Crippen LogP contribution is 2.35. The minimum atomic E-state index is 0.00764.